The largest absolute Gasteiger partial charge is 0.493 e. The van der Waals surface area contributed by atoms with Crippen LogP contribution >= 0.6 is 27.3 Å². The van der Waals surface area contributed by atoms with E-state index in [1.807, 2.05) is 45.9 Å². The van der Waals surface area contributed by atoms with E-state index in [-0.39, 0.29) is 23.8 Å². The van der Waals surface area contributed by atoms with Crippen molar-refractivity contribution < 1.29 is 28.5 Å². The van der Waals surface area contributed by atoms with Crippen LogP contribution in [0, 0.1) is 0 Å². The summed E-state index contributed by atoms with van der Waals surface area (Å²) in [5, 5.41) is 0. The standard InChI is InChI=1S/C31H35BrN2O7S/c1-8-38-24-14-19(13-21(32)28(24)39-9-2)15-25-29(35)34-27(20-11-12-22(41-17(4)5)23(16-20)37-7)26(30(36)40-10-3)18(6)33-31(34)42-25/h11-17,27H,8-10H2,1-7H3/b25-15+/t27-/m0/s1. The lowest BCUT2D eigenvalue weighted by atomic mass is 9.95. The second-order valence-electron chi connectivity index (χ2n) is 9.58. The van der Waals surface area contributed by atoms with Crippen LogP contribution in [0.3, 0.4) is 0 Å². The van der Waals surface area contributed by atoms with Crippen LogP contribution < -0.4 is 33.8 Å². The number of halogens is 1. The Balaban J connectivity index is 1.93. The number of thiazole rings is 1. The van der Waals surface area contributed by atoms with Crippen molar-refractivity contribution in [1.29, 1.82) is 0 Å². The zero-order valence-corrected chi connectivity index (χ0v) is 27.2. The number of rotatable bonds is 11. The smallest absolute Gasteiger partial charge is 0.338 e. The molecule has 1 aliphatic rings. The third-order valence-electron chi connectivity index (χ3n) is 6.30. The molecule has 0 saturated carbocycles. The highest BCUT2D eigenvalue weighted by Gasteiger charge is 2.34. The summed E-state index contributed by atoms with van der Waals surface area (Å²) < 4.78 is 31.2. The molecule has 0 bridgehead atoms. The van der Waals surface area contributed by atoms with Crippen LogP contribution in [0.2, 0.25) is 0 Å². The minimum Gasteiger partial charge on any atom is -0.493 e. The Labute approximate surface area is 257 Å². The number of hydrogen-bond acceptors (Lipinski definition) is 9. The number of methoxy groups -OCH3 is 1. The predicted molar refractivity (Wildman–Crippen MR) is 166 cm³/mol. The molecule has 4 rings (SSSR count). The maximum Gasteiger partial charge on any atom is 0.338 e. The normalized spacial score (nSPS) is 14.9. The molecule has 3 aromatic rings. The van der Waals surface area contributed by atoms with Gasteiger partial charge in [-0.05, 0) is 98.9 Å². The number of hydrogen-bond donors (Lipinski definition) is 0. The first kappa shape index (κ1) is 31.4. The number of fused-ring (bicyclic) bond motifs is 1. The minimum absolute atomic E-state index is 0.0643. The van der Waals surface area contributed by atoms with Crippen molar-refractivity contribution in [3.63, 3.8) is 0 Å². The summed E-state index contributed by atoms with van der Waals surface area (Å²) in [6.07, 6.45) is 1.72. The third kappa shape index (κ3) is 6.42. The van der Waals surface area contributed by atoms with Gasteiger partial charge in [0, 0.05) is 0 Å². The van der Waals surface area contributed by atoms with Crippen LogP contribution in [0.1, 0.15) is 58.7 Å². The summed E-state index contributed by atoms with van der Waals surface area (Å²) >= 11 is 4.82. The molecule has 1 aliphatic heterocycles. The molecule has 2 heterocycles. The quantitative estimate of drug-likeness (QED) is 0.263. The van der Waals surface area contributed by atoms with Gasteiger partial charge in [-0.15, -0.1) is 0 Å². The number of carbonyl (C=O) groups excluding carboxylic acids is 1. The van der Waals surface area contributed by atoms with E-state index >= 15 is 0 Å². The minimum atomic E-state index is -0.782. The van der Waals surface area contributed by atoms with Gasteiger partial charge in [0.15, 0.2) is 27.8 Å². The fraction of sp³-hybridized carbons (Fsp3) is 0.387. The van der Waals surface area contributed by atoms with E-state index in [1.54, 1.807) is 43.7 Å². The molecular formula is C31H35BrN2O7S. The molecular weight excluding hydrogens is 624 g/mol. The molecule has 0 spiro atoms. The van der Waals surface area contributed by atoms with Gasteiger partial charge in [0.1, 0.15) is 0 Å². The zero-order valence-electron chi connectivity index (χ0n) is 24.8. The van der Waals surface area contributed by atoms with Gasteiger partial charge >= 0.3 is 5.97 Å². The Hall–Kier alpha value is -3.57. The van der Waals surface area contributed by atoms with Crippen LogP contribution in [-0.4, -0.2) is 43.6 Å². The molecule has 42 heavy (non-hydrogen) atoms. The van der Waals surface area contributed by atoms with Crippen LogP contribution in [0.25, 0.3) is 6.08 Å². The second-order valence-corrected chi connectivity index (χ2v) is 11.4. The lowest BCUT2D eigenvalue weighted by Crippen LogP contribution is -2.40. The fourth-order valence-electron chi connectivity index (χ4n) is 4.68. The van der Waals surface area contributed by atoms with Crippen molar-refractivity contribution in [3.8, 4) is 23.0 Å². The van der Waals surface area contributed by atoms with Crippen molar-refractivity contribution in [2.24, 2.45) is 4.99 Å². The molecule has 0 unspecified atom stereocenters. The van der Waals surface area contributed by atoms with Crippen LogP contribution in [0.5, 0.6) is 23.0 Å². The van der Waals surface area contributed by atoms with Crippen molar-refractivity contribution in [2.45, 2.75) is 53.7 Å². The summed E-state index contributed by atoms with van der Waals surface area (Å²) in [6, 6.07) is 8.33. The Morgan fingerprint density at radius 2 is 1.81 bits per heavy atom. The molecule has 0 aliphatic carbocycles. The summed E-state index contributed by atoms with van der Waals surface area (Å²) in [4.78, 5) is 32.4. The number of benzene rings is 2. The van der Waals surface area contributed by atoms with Gasteiger partial charge < -0.3 is 23.7 Å². The van der Waals surface area contributed by atoms with Gasteiger partial charge in [-0.1, -0.05) is 17.4 Å². The van der Waals surface area contributed by atoms with Gasteiger partial charge in [0.2, 0.25) is 0 Å². The molecule has 9 nitrogen and oxygen atoms in total. The van der Waals surface area contributed by atoms with E-state index in [0.717, 1.165) is 5.56 Å². The monoisotopic (exact) mass is 658 g/mol. The van der Waals surface area contributed by atoms with Crippen LogP contribution in [0.4, 0.5) is 0 Å². The molecule has 224 valence electrons. The van der Waals surface area contributed by atoms with Gasteiger partial charge in [0.05, 0.1) is 59.4 Å². The van der Waals surface area contributed by atoms with Gasteiger partial charge in [-0.3, -0.25) is 9.36 Å². The van der Waals surface area contributed by atoms with E-state index < -0.39 is 12.0 Å². The first-order valence-corrected chi connectivity index (χ1v) is 15.4. The lowest BCUT2D eigenvalue weighted by molar-refractivity contribution is -0.139. The maximum atomic E-state index is 14.1. The van der Waals surface area contributed by atoms with Gasteiger partial charge in [-0.2, -0.15) is 0 Å². The molecule has 2 aromatic carbocycles. The summed E-state index contributed by atoms with van der Waals surface area (Å²) in [5.74, 6) is 1.70. The highest BCUT2D eigenvalue weighted by atomic mass is 79.9. The number of esters is 1. The average Bonchev–Trinajstić information content (AvgIpc) is 3.24. The maximum absolute atomic E-state index is 14.1. The Kier molecular flexibility index (Phi) is 10.2. The molecule has 0 N–H and O–H groups in total. The number of aromatic nitrogens is 1. The van der Waals surface area contributed by atoms with Gasteiger partial charge in [-0.25, -0.2) is 9.79 Å². The van der Waals surface area contributed by atoms with Crippen molar-refractivity contribution in [1.82, 2.24) is 4.57 Å². The molecule has 0 amide bonds. The van der Waals surface area contributed by atoms with Crippen molar-refractivity contribution >= 4 is 39.3 Å². The molecule has 1 atom stereocenters. The van der Waals surface area contributed by atoms with Gasteiger partial charge in [0.25, 0.3) is 5.56 Å². The Bertz CT molecular complexity index is 1690. The summed E-state index contributed by atoms with van der Waals surface area (Å²) in [7, 11) is 1.55. The average molecular weight is 660 g/mol. The first-order valence-electron chi connectivity index (χ1n) is 13.8. The van der Waals surface area contributed by atoms with E-state index in [9.17, 15) is 9.59 Å². The Morgan fingerprint density at radius 1 is 1.07 bits per heavy atom. The number of nitrogens with zero attached hydrogens (tertiary/aromatic N) is 2. The first-order chi connectivity index (χ1) is 20.1. The molecule has 11 heteroatoms. The number of allylic oxidation sites excluding steroid dienone is 1. The summed E-state index contributed by atoms with van der Waals surface area (Å²) in [6.45, 7) is 12.3. The van der Waals surface area contributed by atoms with Crippen molar-refractivity contribution in [3.05, 3.63) is 76.9 Å². The summed E-state index contributed by atoms with van der Waals surface area (Å²) in [5.41, 5.74) is 1.89. The number of ether oxygens (including phenoxy) is 5. The van der Waals surface area contributed by atoms with Crippen LogP contribution in [0.15, 0.2) is 55.9 Å². The highest BCUT2D eigenvalue weighted by molar-refractivity contribution is 9.10. The molecule has 0 radical (unpaired) electrons. The van der Waals surface area contributed by atoms with Crippen molar-refractivity contribution in [2.75, 3.05) is 26.9 Å². The molecule has 0 fully saturated rings. The predicted octanol–water partition coefficient (Wildman–Crippen LogP) is 5.15. The zero-order chi connectivity index (χ0) is 30.6. The number of carbonyl (C=O) groups is 1. The van der Waals surface area contributed by atoms with E-state index in [2.05, 4.69) is 20.9 Å². The lowest BCUT2D eigenvalue weighted by Gasteiger charge is -2.25. The van der Waals surface area contributed by atoms with Crippen LogP contribution in [-0.2, 0) is 9.53 Å². The second kappa shape index (κ2) is 13.6. The fourth-order valence-corrected chi connectivity index (χ4v) is 6.30. The SMILES string of the molecule is CCOC(=O)C1=C(C)N=c2s/c(=C/c3cc(Br)c(OCC)c(OCC)c3)c(=O)n2[C@H]1c1ccc(OC(C)C)c(OC)c1. The van der Waals surface area contributed by atoms with E-state index in [4.69, 9.17) is 23.7 Å². The van der Waals surface area contributed by atoms with E-state index in [1.165, 1.54) is 11.3 Å². The topological polar surface area (TPSA) is 97.6 Å². The van der Waals surface area contributed by atoms with E-state index in [0.29, 0.717) is 61.3 Å². The highest BCUT2D eigenvalue weighted by Crippen LogP contribution is 2.38. The third-order valence-corrected chi connectivity index (χ3v) is 7.87. The molecule has 0 saturated heterocycles. The Morgan fingerprint density at radius 3 is 2.45 bits per heavy atom. The molecule has 1 aromatic heterocycles.